The Balaban J connectivity index is 1.44. The molecule has 3 aliphatic heterocycles. The third-order valence-electron chi connectivity index (χ3n) is 9.57. The van der Waals surface area contributed by atoms with Crippen molar-refractivity contribution < 1.29 is 43.0 Å². The second kappa shape index (κ2) is 15.0. The average molecular weight is 698 g/mol. The first-order valence-electron chi connectivity index (χ1n) is 17.5. The highest BCUT2D eigenvalue weighted by atomic mass is 16.7. The topological polar surface area (TPSA) is 174 Å². The molecule has 0 aromatic heterocycles. The van der Waals surface area contributed by atoms with E-state index < -0.39 is 64.8 Å². The predicted molar refractivity (Wildman–Crippen MR) is 183 cm³/mol. The van der Waals surface area contributed by atoms with Gasteiger partial charge in [-0.3, -0.25) is 29.5 Å². The molecule has 0 unspecified atom stereocenters. The molecule has 14 heteroatoms. The minimum Gasteiger partial charge on any atom is -0.496 e. The minimum atomic E-state index is -1.12. The first-order chi connectivity index (χ1) is 23.6. The van der Waals surface area contributed by atoms with Gasteiger partial charge in [-0.2, -0.15) is 0 Å². The number of likely N-dealkylation sites (tertiary alicyclic amines) is 1. The maximum atomic E-state index is 14.5. The number of ketones is 1. The number of methoxy groups -OCH3 is 1. The number of Topliss-reactive ketones (excluding diaryl/α,β-unsaturated/α-hetero) is 1. The molecule has 2 saturated heterocycles. The molecule has 3 fully saturated rings. The molecular formula is C36H51N5O9. The number of nitrogens with one attached hydrogen (secondary N) is 4. The molecule has 3 heterocycles. The summed E-state index contributed by atoms with van der Waals surface area (Å²) >= 11 is 0. The summed E-state index contributed by atoms with van der Waals surface area (Å²) in [7, 11) is 1.62. The molecule has 1 aromatic rings. The van der Waals surface area contributed by atoms with Crippen molar-refractivity contribution in [3.63, 3.8) is 0 Å². The van der Waals surface area contributed by atoms with Gasteiger partial charge in [-0.15, -0.1) is 0 Å². The molecular weight excluding hydrogens is 646 g/mol. The zero-order valence-corrected chi connectivity index (χ0v) is 30.1. The molecule has 0 bridgehead atoms. The van der Waals surface area contributed by atoms with E-state index in [4.69, 9.17) is 19.0 Å². The summed E-state index contributed by atoms with van der Waals surface area (Å²) in [4.78, 5) is 75.2. The average Bonchev–Trinajstić information content (AvgIpc) is 3.40. The lowest BCUT2D eigenvalue weighted by atomic mass is 9.85. The Morgan fingerprint density at radius 3 is 2.36 bits per heavy atom. The Morgan fingerprint density at radius 1 is 1.08 bits per heavy atom. The fourth-order valence-electron chi connectivity index (χ4n) is 6.78. The Kier molecular flexibility index (Phi) is 11.1. The van der Waals surface area contributed by atoms with Gasteiger partial charge in [-0.05, 0) is 67.9 Å². The van der Waals surface area contributed by atoms with Crippen LogP contribution in [0.5, 0.6) is 5.75 Å². The number of carbonyl (C=O) groups is 5. The largest absolute Gasteiger partial charge is 0.496 e. The van der Waals surface area contributed by atoms with Crippen LogP contribution in [-0.4, -0.2) is 97.2 Å². The summed E-state index contributed by atoms with van der Waals surface area (Å²) in [6, 6.07) is 0.660. The van der Waals surface area contributed by atoms with E-state index >= 15 is 0 Å². The SMILES string of the molecule is CCC[C@H](NC(=O)[C@@H]1C[C@@]2(C=C(c3cc(C)c(OC)c(C)c3)NO2)CN1C(=O)[C@@H](NC(=O)O[C@H]1CCOC1)C(C)(C)C)C(=O)C(=O)NC1CC1. The number of carbonyl (C=O) groups excluding carboxylic acids is 5. The third-order valence-corrected chi connectivity index (χ3v) is 9.57. The van der Waals surface area contributed by atoms with Crippen LogP contribution in [0.15, 0.2) is 18.2 Å². The van der Waals surface area contributed by atoms with Gasteiger partial charge in [0.05, 0.1) is 38.6 Å². The van der Waals surface area contributed by atoms with E-state index in [1.807, 2.05) is 59.8 Å². The molecule has 0 radical (unpaired) electrons. The highest BCUT2D eigenvalue weighted by Crippen LogP contribution is 2.40. The Labute approximate surface area is 293 Å². The van der Waals surface area contributed by atoms with Crippen LogP contribution in [0, 0.1) is 19.3 Å². The molecule has 1 saturated carbocycles. The molecule has 4 N–H and O–H groups in total. The smallest absolute Gasteiger partial charge is 0.408 e. The molecule has 1 aromatic carbocycles. The lowest BCUT2D eigenvalue weighted by molar-refractivity contribution is -0.144. The molecule has 274 valence electrons. The van der Waals surface area contributed by atoms with Crippen LogP contribution >= 0.6 is 0 Å². The molecule has 1 aliphatic carbocycles. The number of rotatable bonds is 12. The summed E-state index contributed by atoms with van der Waals surface area (Å²) in [6.07, 6.45) is 3.71. The first-order valence-corrected chi connectivity index (χ1v) is 17.5. The van der Waals surface area contributed by atoms with Gasteiger partial charge in [0.1, 0.15) is 29.5 Å². The summed E-state index contributed by atoms with van der Waals surface area (Å²) in [5.74, 6) is -1.79. The number of alkyl carbamates (subject to hydrolysis) is 1. The molecule has 5 atom stereocenters. The lowest BCUT2D eigenvalue weighted by Gasteiger charge is -2.35. The Hall–Kier alpha value is -4.17. The molecule has 4 aliphatic rings. The van der Waals surface area contributed by atoms with Gasteiger partial charge < -0.3 is 35.1 Å². The van der Waals surface area contributed by atoms with Crippen LogP contribution in [0.25, 0.3) is 5.70 Å². The van der Waals surface area contributed by atoms with Crippen molar-refractivity contribution in [3.05, 3.63) is 34.9 Å². The predicted octanol–water partition coefficient (Wildman–Crippen LogP) is 2.59. The van der Waals surface area contributed by atoms with E-state index in [0.29, 0.717) is 25.1 Å². The quantitative estimate of drug-likeness (QED) is 0.238. The van der Waals surface area contributed by atoms with Gasteiger partial charge in [0.2, 0.25) is 17.6 Å². The second-order valence-electron chi connectivity index (χ2n) is 15.0. The number of aryl methyl sites for hydroxylation is 2. The van der Waals surface area contributed by atoms with E-state index in [-0.39, 0.29) is 32.0 Å². The maximum absolute atomic E-state index is 14.5. The number of benzene rings is 1. The number of hydrogen-bond acceptors (Lipinski definition) is 10. The van der Waals surface area contributed by atoms with E-state index in [1.165, 1.54) is 4.90 Å². The number of hydroxylamine groups is 1. The van der Waals surface area contributed by atoms with Crippen LogP contribution in [0.3, 0.4) is 0 Å². The molecule has 14 nitrogen and oxygen atoms in total. The van der Waals surface area contributed by atoms with Crippen molar-refractivity contribution in [3.8, 4) is 5.75 Å². The van der Waals surface area contributed by atoms with Crippen molar-refractivity contribution >= 4 is 35.3 Å². The summed E-state index contributed by atoms with van der Waals surface area (Å²) < 4.78 is 16.4. The zero-order valence-electron chi connectivity index (χ0n) is 30.1. The second-order valence-corrected chi connectivity index (χ2v) is 15.0. The highest BCUT2D eigenvalue weighted by molar-refractivity contribution is 6.38. The Morgan fingerprint density at radius 2 is 1.78 bits per heavy atom. The zero-order chi connectivity index (χ0) is 36.4. The molecule has 1 spiro atoms. The van der Waals surface area contributed by atoms with Gasteiger partial charge >= 0.3 is 6.09 Å². The van der Waals surface area contributed by atoms with Crippen molar-refractivity contribution in [1.82, 2.24) is 26.3 Å². The van der Waals surface area contributed by atoms with Crippen molar-refractivity contribution in [1.29, 1.82) is 0 Å². The van der Waals surface area contributed by atoms with E-state index in [0.717, 1.165) is 35.3 Å². The fraction of sp³-hybridized carbons (Fsp3) is 0.639. The van der Waals surface area contributed by atoms with Crippen molar-refractivity contribution in [2.75, 3.05) is 26.9 Å². The first kappa shape index (κ1) is 37.1. The van der Waals surface area contributed by atoms with Gasteiger partial charge in [0.15, 0.2) is 0 Å². The van der Waals surface area contributed by atoms with E-state index in [2.05, 4.69) is 21.4 Å². The third kappa shape index (κ3) is 8.40. The normalized spacial score (nSPS) is 24.2. The molecule has 5 rings (SSSR count). The number of amides is 4. The van der Waals surface area contributed by atoms with Gasteiger partial charge in [-0.1, -0.05) is 34.1 Å². The van der Waals surface area contributed by atoms with Crippen molar-refractivity contribution in [2.45, 2.75) is 116 Å². The number of ether oxygens (including phenoxy) is 3. The van der Waals surface area contributed by atoms with Crippen LogP contribution in [0.4, 0.5) is 4.79 Å². The lowest BCUT2D eigenvalue weighted by Crippen LogP contribution is -2.59. The Bertz CT molecular complexity index is 1500. The monoisotopic (exact) mass is 697 g/mol. The summed E-state index contributed by atoms with van der Waals surface area (Å²) in [5.41, 5.74) is 4.47. The van der Waals surface area contributed by atoms with E-state index in [9.17, 15) is 24.0 Å². The molecule has 4 amide bonds. The standard InChI is InChI=1S/C36H51N5O9/c1-8-9-25(28(42)32(44)37-23-10-11-23)38-31(43)27-17-36(16-26(40-50-36)22-14-20(2)29(47-7)21(3)15-22)19-41(27)33(45)30(35(4,5)6)39-34(46)49-24-12-13-48-18-24/h14-16,23-25,27,30,40H,8-13,17-19H2,1-7H3,(H,37,44)(H,38,43)(H,39,46)/t24-,25-,27-,30+,36-/m0/s1. The number of hydrogen-bond donors (Lipinski definition) is 4. The number of nitrogens with zero attached hydrogens (tertiary/aromatic N) is 1. The van der Waals surface area contributed by atoms with Crippen molar-refractivity contribution in [2.24, 2.45) is 5.41 Å². The summed E-state index contributed by atoms with van der Waals surface area (Å²) in [6.45, 7) is 11.9. The maximum Gasteiger partial charge on any atom is 0.408 e. The minimum absolute atomic E-state index is 0.0202. The summed E-state index contributed by atoms with van der Waals surface area (Å²) in [5, 5.41) is 8.23. The molecule has 50 heavy (non-hydrogen) atoms. The fourth-order valence-corrected chi connectivity index (χ4v) is 6.78. The van der Waals surface area contributed by atoms with Crippen LogP contribution in [-0.2, 0) is 33.5 Å². The van der Waals surface area contributed by atoms with E-state index in [1.54, 1.807) is 7.11 Å². The van der Waals surface area contributed by atoms with Crippen LogP contribution < -0.4 is 26.2 Å². The van der Waals surface area contributed by atoms with Gasteiger partial charge in [0, 0.05) is 24.4 Å². The van der Waals surface area contributed by atoms with Crippen LogP contribution in [0.1, 0.15) is 82.9 Å². The highest BCUT2D eigenvalue weighted by Gasteiger charge is 2.54. The van der Waals surface area contributed by atoms with Crippen LogP contribution in [0.2, 0.25) is 0 Å². The van der Waals surface area contributed by atoms with Gasteiger partial charge in [-0.25, -0.2) is 4.79 Å². The van der Waals surface area contributed by atoms with Gasteiger partial charge in [0.25, 0.3) is 5.91 Å².